The molecule has 0 saturated heterocycles. The molecule has 1 atom stereocenters. The molecule has 0 N–H and O–H groups in total. The molecule has 1 fully saturated rings. The first kappa shape index (κ1) is 9.26. The third-order valence-corrected chi connectivity index (χ3v) is 2.12. The molecule has 5 heteroatoms. The van der Waals surface area contributed by atoms with E-state index >= 15 is 0 Å². The minimum Gasteiger partial charge on any atom is -0.211 e. The van der Waals surface area contributed by atoms with Gasteiger partial charge in [0.1, 0.15) is 0 Å². The molecule has 1 unspecified atom stereocenters. The first-order valence-electron chi connectivity index (χ1n) is 3.69. The van der Waals surface area contributed by atoms with Crippen molar-refractivity contribution in [3.8, 4) is 0 Å². The summed E-state index contributed by atoms with van der Waals surface area (Å²) >= 11 is 0. The Morgan fingerprint density at radius 3 is 2.25 bits per heavy atom. The van der Waals surface area contributed by atoms with Gasteiger partial charge in [-0.2, -0.15) is 18.2 Å². The van der Waals surface area contributed by atoms with Crippen LogP contribution in [0.4, 0.5) is 13.2 Å². The molecule has 0 aromatic rings. The molecule has 0 radical (unpaired) electrons. The highest BCUT2D eigenvalue weighted by atomic mass is 19.4. The lowest BCUT2D eigenvalue weighted by molar-refractivity contribution is -0.164. The second kappa shape index (κ2) is 3.27. The highest BCUT2D eigenvalue weighted by Gasteiger charge is 2.46. The van der Waals surface area contributed by atoms with Gasteiger partial charge in [-0.15, -0.1) is 0 Å². The van der Waals surface area contributed by atoms with Crippen LogP contribution in [0.1, 0.15) is 19.3 Å². The molecule has 0 bridgehead atoms. The number of isocyanates is 1. The molecule has 0 aromatic heterocycles. The van der Waals surface area contributed by atoms with E-state index in [4.69, 9.17) is 0 Å². The Morgan fingerprint density at radius 2 is 2.00 bits per heavy atom. The molecule has 1 aliphatic rings. The zero-order chi connectivity index (χ0) is 9.19. The Bertz CT molecular complexity index is 203. The molecular weight excluding hydrogens is 171 g/mol. The van der Waals surface area contributed by atoms with Crippen LogP contribution in [0.15, 0.2) is 4.99 Å². The van der Waals surface area contributed by atoms with Gasteiger partial charge in [-0.1, -0.05) is 6.42 Å². The summed E-state index contributed by atoms with van der Waals surface area (Å²) in [5, 5.41) is 0. The van der Waals surface area contributed by atoms with Crippen LogP contribution in [-0.2, 0) is 4.79 Å². The van der Waals surface area contributed by atoms with E-state index in [1.54, 1.807) is 0 Å². The van der Waals surface area contributed by atoms with Crippen molar-refractivity contribution in [2.24, 2.45) is 10.9 Å². The summed E-state index contributed by atoms with van der Waals surface area (Å²) in [4.78, 5) is 12.5. The molecule has 0 heterocycles. The summed E-state index contributed by atoms with van der Waals surface area (Å²) in [5.41, 5.74) is 0. The third kappa shape index (κ3) is 1.85. The van der Waals surface area contributed by atoms with Crippen LogP contribution in [0, 0.1) is 5.92 Å². The van der Waals surface area contributed by atoms with Gasteiger partial charge in [0, 0.05) is 0 Å². The maximum Gasteiger partial charge on any atom is 0.411 e. The standard InChI is InChI=1S/C7H8F3NO/c8-7(9,10)6(11-4-12)5-2-1-3-5/h5-6H,1-3H2. The second-order valence-electron chi connectivity index (χ2n) is 2.90. The number of alkyl halides is 3. The fraction of sp³-hybridized carbons (Fsp3) is 0.857. The fourth-order valence-electron chi connectivity index (χ4n) is 1.26. The lowest BCUT2D eigenvalue weighted by atomic mass is 9.80. The number of nitrogens with zero attached hydrogens (tertiary/aromatic N) is 1. The van der Waals surface area contributed by atoms with E-state index in [1.165, 1.54) is 0 Å². The predicted octanol–water partition coefficient (Wildman–Crippen LogP) is 2.05. The van der Waals surface area contributed by atoms with Crippen molar-refractivity contribution in [2.75, 3.05) is 0 Å². The van der Waals surface area contributed by atoms with Gasteiger partial charge in [-0.25, -0.2) is 4.79 Å². The summed E-state index contributed by atoms with van der Waals surface area (Å²) in [6.07, 6.45) is -1.59. The normalized spacial score (nSPS) is 20.9. The Balaban J connectivity index is 2.66. The molecular formula is C7H8F3NO. The predicted molar refractivity (Wildman–Crippen MR) is 35.3 cm³/mol. The highest BCUT2D eigenvalue weighted by molar-refractivity contribution is 5.34. The number of halogens is 3. The molecule has 2 nitrogen and oxygen atoms in total. The quantitative estimate of drug-likeness (QED) is 0.471. The van der Waals surface area contributed by atoms with Gasteiger partial charge < -0.3 is 0 Å². The highest BCUT2D eigenvalue weighted by Crippen LogP contribution is 2.38. The Hall–Kier alpha value is -0.830. The van der Waals surface area contributed by atoms with E-state index in [0.29, 0.717) is 12.8 Å². The minimum atomic E-state index is -4.39. The van der Waals surface area contributed by atoms with Gasteiger partial charge in [-0.3, -0.25) is 0 Å². The van der Waals surface area contributed by atoms with Crippen LogP contribution < -0.4 is 0 Å². The van der Waals surface area contributed by atoms with Crippen LogP contribution in [0.2, 0.25) is 0 Å². The van der Waals surface area contributed by atoms with Gasteiger partial charge in [0.15, 0.2) is 6.04 Å². The molecule has 0 aromatic carbocycles. The summed E-state index contributed by atoms with van der Waals surface area (Å²) in [6, 6.07) is -1.82. The zero-order valence-corrected chi connectivity index (χ0v) is 6.27. The number of hydrogen-bond donors (Lipinski definition) is 0. The van der Waals surface area contributed by atoms with Crippen molar-refractivity contribution in [3.63, 3.8) is 0 Å². The second-order valence-corrected chi connectivity index (χ2v) is 2.90. The van der Waals surface area contributed by atoms with Crippen LogP contribution in [0.25, 0.3) is 0 Å². The first-order valence-corrected chi connectivity index (χ1v) is 3.69. The van der Waals surface area contributed by atoms with Crippen LogP contribution >= 0.6 is 0 Å². The van der Waals surface area contributed by atoms with Crippen molar-refractivity contribution in [1.82, 2.24) is 0 Å². The Kier molecular flexibility index (Phi) is 2.52. The maximum atomic E-state index is 12.1. The van der Waals surface area contributed by atoms with Crippen LogP contribution in [-0.4, -0.2) is 18.3 Å². The molecule has 0 spiro atoms. The SMILES string of the molecule is O=C=NC(C1CCC1)C(F)(F)F. The van der Waals surface area contributed by atoms with E-state index in [9.17, 15) is 18.0 Å². The summed E-state index contributed by atoms with van der Waals surface area (Å²) in [5.74, 6) is -0.494. The number of carbonyl (C=O) groups excluding carboxylic acids is 1. The van der Waals surface area contributed by atoms with E-state index in [2.05, 4.69) is 4.99 Å². The van der Waals surface area contributed by atoms with Crippen molar-refractivity contribution in [3.05, 3.63) is 0 Å². The van der Waals surface area contributed by atoms with Gasteiger partial charge in [0.05, 0.1) is 0 Å². The summed E-state index contributed by atoms with van der Waals surface area (Å²) < 4.78 is 36.3. The number of rotatable bonds is 2. The summed E-state index contributed by atoms with van der Waals surface area (Å²) in [7, 11) is 0. The van der Waals surface area contributed by atoms with E-state index in [-0.39, 0.29) is 0 Å². The van der Waals surface area contributed by atoms with Crippen molar-refractivity contribution < 1.29 is 18.0 Å². The molecule has 0 aliphatic heterocycles. The lowest BCUT2D eigenvalue weighted by Crippen LogP contribution is -2.37. The lowest BCUT2D eigenvalue weighted by Gasteiger charge is -2.31. The molecule has 12 heavy (non-hydrogen) atoms. The van der Waals surface area contributed by atoms with Crippen molar-refractivity contribution >= 4 is 6.08 Å². The topological polar surface area (TPSA) is 29.4 Å². The van der Waals surface area contributed by atoms with Crippen LogP contribution in [0.3, 0.4) is 0 Å². The Morgan fingerprint density at radius 1 is 1.42 bits per heavy atom. The number of aliphatic imine (C=N–C) groups is 1. The van der Waals surface area contributed by atoms with Gasteiger partial charge >= 0.3 is 6.18 Å². The van der Waals surface area contributed by atoms with Crippen molar-refractivity contribution in [2.45, 2.75) is 31.5 Å². The molecule has 1 rings (SSSR count). The van der Waals surface area contributed by atoms with Gasteiger partial charge in [0.2, 0.25) is 6.08 Å². The van der Waals surface area contributed by atoms with E-state index in [1.807, 2.05) is 0 Å². The van der Waals surface area contributed by atoms with Crippen molar-refractivity contribution in [1.29, 1.82) is 0 Å². The average Bonchev–Trinajstić information content (AvgIpc) is 1.80. The van der Waals surface area contributed by atoms with Gasteiger partial charge in [0.25, 0.3) is 0 Å². The molecule has 1 aliphatic carbocycles. The Labute approximate surface area is 67.5 Å². The van der Waals surface area contributed by atoms with E-state index < -0.39 is 18.1 Å². The molecule has 1 saturated carbocycles. The maximum absolute atomic E-state index is 12.1. The smallest absolute Gasteiger partial charge is 0.211 e. The first-order chi connectivity index (χ1) is 5.55. The largest absolute Gasteiger partial charge is 0.411 e. The van der Waals surface area contributed by atoms with Gasteiger partial charge in [-0.05, 0) is 18.8 Å². The average molecular weight is 179 g/mol. The monoisotopic (exact) mass is 179 g/mol. The third-order valence-electron chi connectivity index (χ3n) is 2.12. The fourth-order valence-corrected chi connectivity index (χ4v) is 1.26. The number of hydrogen-bond acceptors (Lipinski definition) is 2. The molecule has 0 amide bonds. The van der Waals surface area contributed by atoms with Crippen LogP contribution in [0.5, 0.6) is 0 Å². The van der Waals surface area contributed by atoms with E-state index in [0.717, 1.165) is 12.5 Å². The summed E-state index contributed by atoms with van der Waals surface area (Å²) in [6.45, 7) is 0. The zero-order valence-electron chi connectivity index (χ0n) is 6.27. The minimum absolute atomic E-state index is 0.494. The molecule has 68 valence electrons.